The van der Waals surface area contributed by atoms with Crippen molar-refractivity contribution in [2.45, 2.75) is 51.5 Å². The average Bonchev–Trinajstić information content (AvgIpc) is 3.26. The Balaban J connectivity index is 1.30. The highest BCUT2D eigenvalue weighted by Crippen LogP contribution is 2.49. The van der Waals surface area contributed by atoms with Gasteiger partial charge in [0.1, 0.15) is 0 Å². The monoisotopic (exact) mass is 328 g/mol. The predicted molar refractivity (Wildman–Crippen MR) is 94.5 cm³/mol. The zero-order valence-electron chi connectivity index (χ0n) is 13.6. The Morgan fingerprint density at radius 3 is 2.96 bits per heavy atom. The molecule has 0 saturated heterocycles. The Labute approximate surface area is 141 Å². The van der Waals surface area contributed by atoms with Crippen molar-refractivity contribution in [2.24, 2.45) is 17.8 Å². The number of thiazole rings is 1. The maximum Gasteiger partial charge on any atom is 0.220 e. The van der Waals surface area contributed by atoms with Crippen LogP contribution in [0.5, 0.6) is 0 Å². The molecule has 0 radical (unpaired) electrons. The van der Waals surface area contributed by atoms with Crippen molar-refractivity contribution in [1.82, 2.24) is 10.3 Å². The molecule has 2 aromatic rings. The number of aromatic nitrogens is 1. The maximum atomic E-state index is 12.3. The molecule has 3 nitrogen and oxygen atoms in total. The molecule has 2 saturated carbocycles. The molecular formula is C19H24N2OS. The number of carbonyl (C=O) groups is 1. The third kappa shape index (κ3) is 3.14. The molecule has 4 atom stereocenters. The zero-order chi connectivity index (χ0) is 15.8. The number of benzene rings is 1. The summed E-state index contributed by atoms with van der Waals surface area (Å²) in [5.41, 5.74) is 1.04. The van der Waals surface area contributed by atoms with Crippen LogP contribution in [0.1, 0.15) is 44.0 Å². The molecule has 4 heteroatoms. The van der Waals surface area contributed by atoms with E-state index in [1.807, 2.05) is 18.2 Å². The summed E-state index contributed by atoms with van der Waals surface area (Å²) in [7, 11) is 0. The Morgan fingerprint density at radius 2 is 2.22 bits per heavy atom. The summed E-state index contributed by atoms with van der Waals surface area (Å²) in [5, 5.41) is 4.31. The van der Waals surface area contributed by atoms with Crippen LogP contribution in [0.25, 0.3) is 10.2 Å². The van der Waals surface area contributed by atoms with Gasteiger partial charge in [0.25, 0.3) is 0 Å². The van der Waals surface area contributed by atoms with E-state index in [4.69, 9.17) is 0 Å². The molecule has 1 aromatic heterocycles. The highest BCUT2D eigenvalue weighted by Gasteiger charge is 2.42. The van der Waals surface area contributed by atoms with Crippen LogP contribution in [0.3, 0.4) is 0 Å². The number of nitrogens with one attached hydrogen (secondary N) is 1. The van der Waals surface area contributed by atoms with Gasteiger partial charge in [0, 0.05) is 18.9 Å². The summed E-state index contributed by atoms with van der Waals surface area (Å²) in [5.74, 6) is 2.69. The van der Waals surface area contributed by atoms with Crippen LogP contribution >= 0.6 is 11.3 Å². The molecule has 1 aromatic carbocycles. The van der Waals surface area contributed by atoms with Crippen LogP contribution in [0.4, 0.5) is 0 Å². The number of fused-ring (bicyclic) bond motifs is 3. The van der Waals surface area contributed by atoms with Crippen molar-refractivity contribution in [3.63, 3.8) is 0 Å². The lowest BCUT2D eigenvalue weighted by Gasteiger charge is -2.28. The number of hydrogen-bond donors (Lipinski definition) is 1. The Kier molecular flexibility index (Phi) is 4.10. The van der Waals surface area contributed by atoms with Crippen molar-refractivity contribution in [1.29, 1.82) is 0 Å². The fourth-order valence-corrected chi connectivity index (χ4v) is 5.55. The van der Waals surface area contributed by atoms with Crippen LogP contribution in [-0.2, 0) is 11.2 Å². The second kappa shape index (κ2) is 6.23. The van der Waals surface area contributed by atoms with Crippen molar-refractivity contribution >= 4 is 27.5 Å². The van der Waals surface area contributed by atoms with Crippen molar-refractivity contribution in [2.75, 3.05) is 0 Å². The van der Waals surface area contributed by atoms with Gasteiger partial charge in [0.15, 0.2) is 0 Å². The molecule has 0 spiro atoms. The molecule has 1 amide bonds. The minimum absolute atomic E-state index is 0.180. The number of amides is 1. The molecule has 0 aliphatic heterocycles. The number of para-hydroxylation sites is 1. The Hall–Kier alpha value is -1.42. The smallest absolute Gasteiger partial charge is 0.220 e. The van der Waals surface area contributed by atoms with Crippen molar-refractivity contribution in [3.8, 4) is 0 Å². The molecule has 4 unspecified atom stereocenters. The summed E-state index contributed by atoms with van der Waals surface area (Å²) >= 11 is 1.70. The summed E-state index contributed by atoms with van der Waals surface area (Å²) in [4.78, 5) is 16.9. The molecule has 2 aliphatic carbocycles. The van der Waals surface area contributed by atoms with E-state index in [-0.39, 0.29) is 5.91 Å². The first-order valence-corrected chi connectivity index (χ1v) is 9.64. The van der Waals surface area contributed by atoms with E-state index in [9.17, 15) is 4.79 Å². The second-order valence-corrected chi connectivity index (χ2v) is 8.39. The van der Waals surface area contributed by atoms with Gasteiger partial charge in [-0.1, -0.05) is 18.6 Å². The topological polar surface area (TPSA) is 42.0 Å². The van der Waals surface area contributed by atoms with Gasteiger partial charge in [-0.3, -0.25) is 4.79 Å². The molecule has 122 valence electrons. The lowest BCUT2D eigenvalue weighted by molar-refractivity contribution is -0.122. The van der Waals surface area contributed by atoms with Crippen LogP contribution in [0, 0.1) is 17.8 Å². The van der Waals surface area contributed by atoms with Gasteiger partial charge < -0.3 is 5.32 Å². The molecule has 23 heavy (non-hydrogen) atoms. The highest BCUT2D eigenvalue weighted by molar-refractivity contribution is 7.18. The first-order chi connectivity index (χ1) is 11.2. The van der Waals surface area contributed by atoms with E-state index in [2.05, 4.69) is 23.3 Å². The van der Waals surface area contributed by atoms with Gasteiger partial charge in [-0.25, -0.2) is 4.98 Å². The van der Waals surface area contributed by atoms with Gasteiger partial charge in [-0.05, 0) is 56.1 Å². The van der Waals surface area contributed by atoms with Crippen LogP contribution in [0.15, 0.2) is 24.3 Å². The second-order valence-electron chi connectivity index (χ2n) is 7.27. The van der Waals surface area contributed by atoms with E-state index in [1.165, 1.54) is 30.4 Å². The van der Waals surface area contributed by atoms with E-state index in [0.29, 0.717) is 18.4 Å². The minimum atomic E-state index is 0.180. The van der Waals surface area contributed by atoms with E-state index < -0.39 is 0 Å². The number of aryl methyl sites for hydroxylation is 1. The van der Waals surface area contributed by atoms with Gasteiger partial charge in [0.05, 0.1) is 15.2 Å². The van der Waals surface area contributed by atoms with E-state index in [1.54, 1.807) is 11.3 Å². The molecule has 2 fully saturated rings. The maximum absolute atomic E-state index is 12.3. The third-order valence-corrected chi connectivity index (χ3v) is 6.82. The zero-order valence-corrected chi connectivity index (χ0v) is 14.4. The summed E-state index contributed by atoms with van der Waals surface area (Å²) in [6, 6.07) is 8.50. The number of rotatable bonds is 5. The molecule has 1 N–H and O–H groups in total. The average molecular weight is 328 g/mol. The summed E-state index contributed by atoms with van der Waals surface area (Å²) in [6.07, 6.45) is 6.81. The quantitative estimate of drug-likeness (QED) is 0.895. The summed E-state index contributed by atoms with van der Waals surface area (Å²) < 4.78 is 1.21. The third-order valence-electron chi connectivity index (χ3n) is 5.73. The van der Waals surface area contributed by atoms with E-state index in [0.717, 1.165) is 28.8 Å². The molecular weight excluding hydrogens is 304 g/mol. The number of nitrogens with zero attached hydrogens (tertiary/aromatic N) is 1. The van der Waals surface area contributed by atoms with Crippen LogP contribution in [0.2, 0.25) is 0 Å². The standard InChI is InChI=1S/C19H24N2OS/c1-12(15-11-13-6-7-14(15)10-13)20-18(22)8-9-19-21-16-4-2-3-5-17(16)23-19/h2-5,12-15H,6-11H2,1H3,(H,20,22). The number of hydrogen-bond acceptors (Lipinski definition) is 3. The van der Waals surface area contributed by atoms with E-state index >= 15 is 0 Å². The van der Waals surface area contributed by atoms with Crippen molar-refractivity contribution < 1.29 is 4.79 Å². The largest absolute Gasteiger partial charge is 0.353 e. The highest BCUT2D eigenvalue weighted by atomic mass is 32.1. The lowest BCUT2D eigenvalue weighted by atomic mass is 9.84. The fraction of sp³-hybridized carbons (Fsp3) is 0.579. The van der Waals surface area contributed by atoms with Gasteiger partial charge in [-0.2, -0.15) is 0 Å². The molecule has 4 rings (SSSR count). The minimum Gasteiger partial charge on any atom is -0.353 e. The molecule has 2 aliphatic rings. The Bertz CT molecular complexity index is 677. The van der Waals surface area contributed by atoms with Crippen molar-refractivity contribution in [3.05, 3.63) is 29.3 Å². The van der Waals surface area contributed by atoms with Gasteiger partial charge >= 0.3 is 0 Å². The summed E-state index contributed by atoms with van der Waals surface area (Å²) in [6.45, 7) is 2.20. The lowest BCUT2D eigenvalue weighted by Crippen LogP contribution is -2.40. The first-order valence-electron chi connectivity index (χ1n) is 8.83. The normalized spacial score (nSPS) is 27.4. The fourth-order valence-electron chi connectivity index (χ4n) is 4.59. The Morgan fingerprint density at radius 1 is 1.35 bits per heavy atom. The molecule has 2 bridgehead atoms. The predicted octanol–water partition coefficient (Wildman–Crippen LogP) is 4.17. The van der Waals surface area contributed by atoms with Gasteiger partial charge in [0.2, 0.25) is 5.91 Å². The number of carbonyl (C=O) groups excluding carboxylic acids is 1. The van der Waals surface area contributed by atoms with Crippen LogP contribution < -0.4 is 5.32 Å². The SMILES string of the molecule is CC(NC(=O)CCc1nc2ccccc2s1)C1CC2CCC1C2. The molecule has 1 heterocycles. The van der Waals surface area contributed by atoms with Crippen LogP contribution in [-0.4, -0.2) is 16.9 Å². The van der Waals surface area contributed by atoms with Gasteiger partial charge in [-0.15, -0.1) is 11.3 Å². The first kappa shape index (κ1) is 15.1.